The van der Waals surface area contributed by atoms with Gasteiger partial charge in [-0.25, -0.2) is 0 Å². The van der Waals surface area contributed by atoms with E-state index in [2.05, 4.69) is 10.3 Å². The zero-order valence-electron chi connectivity index (χ0n) is 15.8. The molecule has 0 unspecified atom stereocenters. The molecule has 1 aliphatic rings. The second kappa shape index (κ2) is 8.18. The molecule has 2 amide bonds. The molecule has 2 aromatic heterocycles. The van der Waals surface area contributed by atoms with E-state index >= 15 is 0 Å². The molecule has 1 aromatic carbocycles. The molecular formula is C22H21N3O4. The minimum Gasteiger partial charge on any atom is -0.472 e. The molecule has 0 spiro atoms. The number of piperidine rings is 1. The number of H-pyrrole nitrogens is 1. The third kappa shape index (κ3) is 4.13. The van der Waals surface area contributed by atoms with E-state index in [4.69, 9.17) is 4.42 Å². The highest BCUT2D eigenvalue weighted by molar-refractivity contribution is 5.95. The number of pyridine rings is 1. The first-order valence-electron chi connectivity index (χ1n) is 9.53. The van der Waals surface area contributed by atoms with Crippen molar-refractivity contribution in [3.05, 3.63) is 82.5 Å². The lowest BCUT2D eigenvalue weighted by atomic mass is 10.0. The van der Waals surface area contributed by atoms with E-state index in [1.807, 2.05) is 30.3 Å². The quantitative estimate of drug-likeness (QED) is 0.715. The van der Waals surface area contributed by atoms with Gasteiger partial charge in [-0.05, 0) is 36.6 Å². The summed E-state index contributed by atoms with van der Waals surface area (Å²) in [5.41, 5.74) is 1.74. The van der Waals surface area contributed by atoms with Crippen LogP contribution in [0.4, 0.5) is 0 Å². The third-order valence-electron chi connectivity index (χ3n) is 5.12. The minimum atomic E-state index is -0.420. The number of furan rings is 1. The van der Waals surface area contributed by atoms with Crippen molar-refractivity contribution in [2.75, 3.05) is 13.1 Å². The van der Waals surface area contributed by atoms with Crippen LogP contribution in [0.3, 0.4) is 0 Å². The fourth-order valence-corrected chi connectivity index (χ4v) is 3.50. The first-order chi connectivity index (χ1) is 14.1. The molecule has 0 bridgehead atoms. The van der Waals surface area contributed by atoms with Gasteiger partial charge in [0.2, 0.25) is 0 Å². The number of aromatic amines is 1. The second-order valence-corrected chi connectivity index (χ2v) is 7.03. The van der Waals surface area contributed by atoms with Gasteiger partial charge in [0.1, 0.15) is 11.8 Å². The van der Waals surface area contributed by atoms with Crippen LogP contribution in [0.25, 0.3) is 11.3 Å². The van der Waals surface area contributed by atoms with Crippen LogP contribution in [0.15, 0.2) is 70.3 Å². The Morgan fingerprint density at radius 1 is 1.03 bits per heavy atom. The van der Waals surface area contributed by atoms with Gasteiger partial charge in [-0.3, -0.25) is 14.4 Å². The van der Waals surface area contributed by atoms with Crippen LogP contribution in [-0.4, -0.2) is 40.8 Å². The molecule has 3 aromatic rings. The predicted octanol–water partition coefficient (Wildman–Crippen LogP) is 2.67. The minimum absolute atomic E-state index is 0.0727. The Morgan fingerprint density at radius 2 is 1.79 bits per heavy atom. The molecule has 7 heteroatoms. The van der Waals surface area contributed by atoms with Gasteiger partial charge >= 0.3 is 0 Å². The summed E-state index contributed by atoms with van der Waals surface area (Å²) in [7, 11) is 0. The predicted molar refractivity (Wildman–Crippen MR) is 108 cm³/mol. The highest BCUT2D eigenvalue weighted by Gasteiger charge is 2.25. The summed E-state index contributed by atoms with van der Waals surface area (Å²) in [5.74, 6) is -0.470. The maximum Gasteiger partial charge on any atom is 0.261 e. The molecule has 0 atom stereocenters. The van der Waals surface area contributed by atoms with E-state index in [0.717, 1.165) is 5.56 Å². The summed E-state index contributed by atoms with van der Waals surface area (Å²) in [4.78, 5) is 41.8. The molecule has 7 nitrogen and oxygen atoms in total. The summed E-state index contributed by atoms with van der Waals surface area (Å²) >= 11 is 0. The molecule has 29 heavy (non-hydrogen) atoms. The number of nitrogens with zero attached hydrogens (tertiary/aromatic N) is 1. The summed E-state index contributed by atoms with van der Waals surface area (Å²) < 4.78 is 4.96. The van der Waals surface area contributed by atoms with Crippen molar-refractivity contribution < 1.29 is 14.0 Å². The molecule has 1 saturated heterocycles. The molecular weight excluding hydrogens is 370 g/mol. The average molecular weight is 391 g/mol. The first-order valence-corrected chi connectivity index (χ1v) is 9.53. The van der Waals surface area contributed by atoms with Crippen LogP contribution >= 0.6 is 0 Å². The van der Waals surface area contributed by atoms with Crippen LogP contribution in [0, 0.1) is 0 Å². The van der Waals surface area contributed by atoms with Crippen LogP contribution in [-0.2, 0) is 0 Å². The Balaban J connectivity index is 1.37. The molecule has 1 aliphatic heterocycles. The Hall–Kier alpha value is -3.61. The number of nitrogens with one attached hydrogen (secondary N) is 2. The van der Waals surface area contributed by atoms with E-state index in [0.29, 0.717) is 37.2 Å². The number of carbonyl (C=O) groups is 2. The van der Waals surface area contributed by atoms with Crippen LogP contribution in [0.1, 0.15) is 33.6 Å². The van der Waals surface area contributed by atoms with Crippen molar-refractivity contribution in [2.24, 2.45) is 0 Å². The Labute approximate surface area is 167 Å². The number of rotatable bonds is 4. The Kier molecular flexibility index (Phi) is 5.29. The van der Waals surface area contributed by atoms with Crippen molar-refractivity contribution in [1.82, 2.24) is 15.2 Å². The van der Waals surface area contributed by atoms with Gasteiger partial charge in [-0.1, -0.05) is 30.3 Å². The zero-order valence-corrected chi connectivity index (χ0v) is 15.8. The van der Waals surface area contributed by atoms with Crippen LogP contribution < -0.4 is 10.9 Å². The third-order valence-corrected chi connectivity index (χ3v) is 5.12. The lowest BCUT2D eigenvalue weighted by Gasteiger charge is -2.32. The Bertz CT molecular complexity index is 1050. The van der Waals surface area contributed by atoms with Gasteiger partial charge in [0.05, 0.1) is 11.8 Å². The molecule has 148 valence electrons. The van der Waals surface area contributed by atoms with E-state index in [9.17, 15) is 14.4 Å². The summed E-state index contributed by atoms with van der Waals surface area (Å²) in [6.07, 6.45) is 4.17. The second-order valence-electron chi connectivity index (χ2n) is 7.03. The molecule has 2 N–H and O–H groups in total. The van der Waals surface area contributed by atoms with Crippen molar-refractivity contribution in [3.8, 4) is 11.3 Å². The fraction of sp³-hybridized carbons (Fsp3) is 0.227. The molecule has 1 fully saturated rings. The SMILES string of the molecule is O=C(NC1CCN(C(=O)c2ccoc2)CC1)c1ccc(-c2ccccc2)[nH]c1=O. The van der Waals surface area contributed by atoms with E-state index in [1.165, 1.54) is 12.5 Å². The summed E-state index contributed by atoms with van der Waals surface area (Å²) in [5, 5.41) is 2.91. The largest absolute Gasteiger partial charge is 0.472 e. The number of benzene rings is 1. The topological polar surface area (TPSA) is 95.4 Å². The average Bonchev–Trinajstić information content (AvgIpc) is 3.29. The molecule has 4 rings (SSSR count). The Morgan fingerprint density at radius 3 is 2.45 bits per heavy atom. The molecule has 0 aliphatic carbocycles. The van der Waals surface area contributed by atoms with Gasteiger partial charge in [0, 0.05) is 24.8 Å². The van der Waals surface area contributed by atoms with Crippen LogP contribution in [0.5, 0.6) is 0 Å². The van der Waals surface area contributed by atoms with Crippen molar-refractivity contribution in [3.63, 3.8) is 0 Å². The highest BCUT2D eigenvalue weighted by Crippen LogP contribution is 2.16. The number of carbonyl (C=O) groups excluding carboxylic acids is 2. The number of aromatic nitrogens is 1. The lowest BCUT2D eigenvalue weighted by molar-refractivity contribution is 0.0697. The highest BCUT2D eigenvalue weighted by atomic mass is 16.3. The maximum absolute atomic E-state index is 12.6. The molecule has 0 saturated carbocycles. The van der Waals surface area contributed by atoms with Gasteiger partial charge in [-0.15, -0.1) is 0 Å². The number of likely N-dealkylation sites (tertiary alicyclic amines) is 1. The molecule has 0 radical (unpaired) electrons. The van der Waals surface area contributed by atoms with Gasteiger partial charge in [0.25, 0.3) is 17.4 Å². The fourth-order valence-electron chi connectivity index (χ4n) is 3.50. The normalized spacial score (nSPS) is 14.6. The number of hydrogen-bond acceptors (Lipinski definition) is 4. The van der Waals surface area contributed by atoms with Gasteiger partial charge < -0.3 is 19.6 Å². The van der Waals surface area contributed by atoms with Crippen LogP contribution in [0.2, 0.25) is 0 Å². The van der Waals surface area contributed by atoms with Crippen molar-refractivity contribution >= 4 is 11.8 Å². The number of amides is 2. The maximum atomic E-state index is 12.6. The number of hydrogen-bond donors (Lipinski definition) is 2. The molecule has 3 heterocycles. The first kappa shape index (κ1) is 18.7. The van der Waals surface area contributed by atoms with E-state index in [-0.39, 0.29) is 17.5 Å². The van der Waals surface area contributed by atoms with Crippen molar-refractivity contribution in [1.29, 1.82) is 0 Å². The standard InChI is InChI=1S/C22H21N3O4/c26-20(18-6-7-19(24-21(18)27)15-4-2-1-3-5-15)23-17-8-11-25(12-9-17)22(28)16-10-13-29-14-16/h1-7,10,13-14,17H,8-9,11-12H2,(H,23,26)(H,24,27). The van der Waals surface area contributed by atoms with Crippen molar-refractivity contribution in [2.45, 2.75) is 18.9 Å². The lowest BCUT2D eigenvalue weighted by Crippen LogP contribution is -2.47. The van der Waals surface area contributed by atoms with Gasteiger partial charge in [0.15, 0.2) is 0 Å². The smallest absolute Gasteiger partial charge is 0.261 e. The summed E-state index contributed by atoms with van der Waals surface area (Å²) in [6, 6.07) is 14.3. The van der Waals surface area contributed by atoms with E-state index in [1.54, 1.807) is 23.1 Å². The van der Waals surface area contributed by atoms with E-state index < -0.39 is 11.5 Å². The van der Waals surface area contributed by atoms with Gasteiger partial charge in [-0.2, -0.15) is 0 Å². The zero-order chi connectivity index (χ0) is 20.2. The monoisotopic (exact) mass is 391 g/mol. The summed E-state index contributed by atoms with van der Waals surface area (Å²) in [6.45, 7) is 1.08.